The van der Waals surface area contributed by atoms with Crippen molar-refractivity contribution in [2.45, 2.75) is 346 Å². The number of Topliss-reactive ketones (excluding diaryl/α,β-unsaturated/α-hetero) is 2. The first-order valence-corrected chi connectivity index (χ1v) is 44.9. The predicted octanol–water partition coefficient (Wildman–Crippen LogP) is 5.24. The zero-order chi connectivity index (χ0) is 84.5. The molecule has 28 heteroatoms. The van der Waals surface area contributed by atoms with Crippen LogP contribution in [-0.2, 0) is 47.8 Å². The van der Waals surface area contributed by atoms with Crippen molar-refractivity contribution in [2.75, 3.05) is 85.5 Å². The van der Waals surface area contributed by atoms with Crippen LogP contribution in [0.2, 0.25) is 0 Å². The first-order chi connectivity index (χ1) is 55.0. The third-order valence-electron chi connectivity index (χ3n) is 26.4. The van der Waals surface area contributed by atoms with Crippen LogP contribution in [-0.4, -0.2) is 272 Å². The Morgan fingerprint density at radius 2 is 0.800 bits per heavy atom. The molecule has 28 nitrogen and oxygen atoms in total. The van der Waals surface area contributed by atoms with Crippen LogP contribution in [0, 0.1) is 76.9 Å². The molecule has 4 saturated carbocycles. The van der Waals surface area contributed by atoms with Gasteiger partial charge < -0.3 is 102 Å². The van der Waals surface area contributed by atoms with Gasteiger partial charge in [-0.25, -0.2) is 0 Å². The molecule has 1 saturated heterocycles. The lowest BCUT2D eigenvalue weighted by molar-refractivity contribution is -0.144. The van der Waals surface area contributed by atoms with Gasteiger partial charge in [-0.3, -0.25) is 38.5 Å². The van der Waals surface area contributed by atoms with Gasteiger partial charge in [0.25, 0.3) is 0 Å². The van der Waals surface area contributed by atoms with Crippen molar-refractivity contribution in [3.63, 3.8) is 0 Å². The van der Waals surface area contributed by atoms with Crippen molar-refractivity contribution >= 4 is 41.1 Å². The van der Waals surface area contributed by atoms with Gasteiger partial charge in [-0.2, -0.15) is 0 Å². The molecule has 0 aromatic carbocycles. The molecule has 1 aliphatic heterocycles. The molecule has 11 unspecified atom stereocenters. The van der Waals surface area contributed by atoms with Crippen molar-refractivity contribution in [2.24, 2.45) is 76.9 Å². The molecule has 4 aliphatic carbocycles. The fourth-order valence-corrected chi connectivity index (χ4v) is 18.4. The number of hydrogen-bond acceptors (Lipinski definition) is 23. The van der Waals surface area contributed by atoms with Gasteiger partial charge in [0, 0.05) is 164 Å². The molecule has 5 fully saturated rings. The summed E-state index contributed by atoms with van der Waals surface area (Å²) in [5.41, 5.74) is 0. The minimum Gasteiger partial charge on any atom is -0.396 e. The normalized spacial score (nSPS) is 30.7. The molecule has 0 aromatic rings. The summed E-state index contributed by atoms with van der Waals surface area (Å²) in [6.45, 7) is 17.3. The number of rotatable bonds is 59. The molecule has 115 heavy (non-hydrogen) atoms. The number of carbonyl (C=O) groups excluding carboxylic acids is 7. The third kappa shape index (κ3) is 35.9. The topological polar surface area (TPSA) is 453 Å². The van der Waals surface area contributed by atoms with Crippen molar-refractivity contribution in [3.8, 4) is 0 Å². The van der Waals surface area contributed by atoms with Crippen LogP contribution in [0.4, 0.5) is 0 Å². The summed E-state index contributed by atoms with van der Waals surface area (Å²) in [7, 11) is 0. The van der Waals surface area contributed by atoms with Crippen LogP contribution in [0.15, 0.2) is 0 Å². The maximum Gasteiger partial charge on any atom is 0.223 e. The van der Waals surface area contributed by atoms with Gasteiger partial charge in [-0.05, 0) is 178 Å². The Labute approximate surface area is 687 Å². The van der Waals surface area contributed by atoms with Crippen LogP contribution in [0.5, 0.6) is 0 Å². The van der Waals surface area contributed by atoms with E-state index in [1.807, 2.05) is 27.7 Å². The van der Waals surface area contributed by atoms with Gasteiger partial charge in [0.15, 0.2) is 5.78 Å². The van der Waals surface area contributed by atoms with Gasteiger partial charge in [0.05, 0.1) is 79.8 Å². The molecule has 0 radical (unpaired) electrons. The summed E-state index contributed by atoms with van der Waals surface area (Å²) in [5.74, 6) is -4.82. The third-order valence-corrected chi connectivity index (χ3v) is 26.4. The molecule has 0 bridgehead atoms. The van der Waals surface area contributed by atoms with Crippen LogP contribution in [0.25, 0.3) is 0 Å². The molecule has 1 heterocycles. The lowest BCUT2D eigenvalue weighted by atomic mass is 9.70. The number of likely N-dealkylation sites (tertiary alicyclic amines) is 1. The molecule has 0 spiro atoms. The average molecular weight is 1640 g/mol. The standard InChI is InChI=1S/C87H158N6O22/c1-55(2)115-54-69-42-56(3)49-93(69)39-23-22-38-91-87(112)64(46-72(99)71(92-77(102)34-13-9-11-27-62-44-66(51-95)83(108)79(104)58(62)5)31-16-21-36-89-75(100)32-12-8-10-26-61-43-65(50-94)82(107)78(103)57(61)4)29-15-20-37-90-86(111)63(45-70(98)30-17-24-40-113-73-47-67(52-96)84(109)80(105)59(73)6)28-14-19-35-88-76(101)33-18-25-41-114-74-48-68(53-97)85(110)81(106)60(74)7/h55-69,71,73-74,78-85,94-97,103-110H,8-54H2,1-7H3,(H,88,101)(H,89,100)(H,90,111)(H,91,112)(H,92,102)/t56-,57?,58?,59?,60?,61-,62-,63?,64?,65?,66?,67?,68?,69+,71?,73-,74-,78-,79-,80-,81-,82+,83+,84+,85+/m1/s1. The lowest BCUT2D eigenvalue weighted by Crippen LogP contribution is -2.50. The van der Waals surface area contributed by atoms with Gasteiger partial charge >= 0.3 is 0 Å². The SMILES string of the molecule is CC(C)OC[C@@H]1C[C@@H](C)CN1CCCCNC(=O)C(CCCCNC(=O)C(CCCCNC(=O)CCCCO[C@@H]1CC(CO)[C@H](O)[C@H](O)C1C)CC(=O)CCCCO[C@@H]1CC(CO)[C@H](O)[C@H](O)C1C)CC(=O)C(CCCCNC(=O)CCCCC[C@@H]1CC(CO)[C@H](O)[C@H](O)C1C)NC(=O)CCCCC[C@@H]1CC(CO)[C@H](O)[C@H](O)C1C. The minimum atomic E-state index is -1.05. The highest BCUT2D eigenvalue weighted by Gasteiger charge is 2.45. The summed E-state index contributed by atoms with van der Waals surface area (Å²) < 4.78 is 18.1. The Balaban J connectivity index is 1.20. The van der Waals surface area contributed by atoms with Crippen LogP contribution in [0.3, 0.4) is 0 Å². The Bertz CT molecular complexity index is 2740. The second-order valence-corrected chi connectivity index (χ2v) is 35.8. The number of hydrogen-bond donors (Lipinski definition) is 17. The molecule has 5 amide bonds. The van der Waals surface area contributed by atoms with Crippen LogP contribution >= 0.6 is 0 Å². The molecule has 17 N–H and O–H groups in total. The monoisotopic (exact) mass is 1640 g/mol. The Hall–Kier alpha value is -3.95. The van der Waals surface area contributed by atoms with Gasteiger partial charge in [0.1, 0.15) is 5.78 Å². The Kier molecular flexibility index (Phi) is 49.4. The van der Waals surface area contributed by atoms with Crippen LogP contribution in [0.1, 0.15) is 267 Å². The molecular weight excluding hydrogens is 1480 g/mol. The quantitative estimate of drug-likeness (QED) is 0.0346. The van der Waals surface area contributed by atoms with Crippen molar-refractivity contribution in [1.82, 2.24) is 31.5 Å². The number of aliphatic hydroxyl groups is 12. The molecule has 0 aromatic heterocycles. The van der Waals surface area contributed by atoms with Crippen molar-refractivity contribution in [3.05, 3.63) is 0 Å². The number of ether oxygens (including phenoxy) is 3. The zero-order valence-electron chi connectivity index (χ0n) is 71.1. The second kappa shape index (κ2) is 55.9. The van der Waals surface area contributed by atoms with E-state index in [1.165, 1.54) is 0 Å². The molecule has 5 aliphatic rings. The molecule has 668 valence electrons. The summed E-state index contributed by atoms with van der Waals surface area (Å²) in [4.78, 5) is 99.6. The minimum absolute atomic E-state index is 0.00888. The summed E-state index contributed by atoms with van der Waals surface area (Å²) >= 11 is 0. The highest BCUT2D eigenvalue weighted by atomic mass is 16.5. The maximum absolute atomic E-state index is 14.8. The van der Waals surface area contributed by atoms with E-state index in [-0.39, 0.29) is 172 Å². The number of nitrogens with one attached hydrogen (secondary N) is 5. The number of carbonyl (C=O) groups is 7. The number of unbranched alkanes of at least 4 members (excludes halogenated alkanes) is 10. The fourth-order valence-electron chi connectivity index (χ4n) is 18.4. The summed E-state index contributed by atoms with van der Waals surface area (Å²) in [6.07, 6.45) is 9.01. The van der Waals surface area contributed by atoms with Gasteiger partial charge in [-0.15, -0.1) is 0 Å². The average Bonchev–Trinajstić information content (AvgIpc) is 1.58. The number of amides is 5. The van der Waals surface area contributed by atoms with E-state index in [0.29, 0.717) is 186 Å². The van der Waals surface area contributed by atoms with E-state index >= 15 is 0 Å². The highest BCUT2D eigenvalue weighted by Crippen LogP contribution is 2.40. The number of nitrogens with zero attached hydrogens (tertiary/aromatic N) is 1. The zero-order valence-corrected chi connectivity index (χ0v) is 71.1. The van der Waals surface area contributed by atoms with Crippen molar-refractivity contribution < 1.29 is 109 Å². The summed E-state index contributed by atoms with van der Waals surface area (Å²) in [6, 6.07) is -0.598. The van der Waals surface area contributed by atoms with Gasteiger partial charge in [-0.1, -0.05) is 86.0 Å². The predicted molar refractivity (Wildman–Crippen MR) is 437 cm³/mol. The van der Waals surface area contributed by atoms with E-state index < -0.39 is 84.5 Å². The molecular formula is C87H158N6O22. The molecule has 25 atom stereocenters. The summed E-state index contributed by atoms with van der Waals surface area (Å²) in [5, 5.41) is 138. The van der Waals surface area contributed by atoms with Crippen molar-refractivity contribution in [1.29, 1.82) is 0 Å². The number of aliphatic hydroxyl groups excluding tert-OH is 12. The number of ketones is 2. The van der Waals surface area contributed by atoms with E-state index in [9.17, 15) is 94.8 Å². The first kappa shape index (κ1) is 102. The first-order valence-electron chi connectivity index (χ1n) is 44.9. The lowest BCUT2D eigenvalue weighted by Gasteiger charge is -2.41. The smallest absolute Gasteiger partial charge is 0.223 e. The molecule has 5 rings (SSSR count). The van der Waals surface area contributed by atoms with Crippen LogP contribution < -0.4 is 26.6 Å². The van der Waals surface area contributed by atoms with E-state index in [4.69, 9.17) is 14.2 Å². The largest absolute Gasteiger partial charge is 0.396 e. The second-order valence-electron chi connectivity index (χ2n) is 35.8. The Morgan fingerprint density at radius 3 is 1.26 bits per heavy atom. The van der Waals surface area contributed by atoms with E-state index in [2.05, 4.69) is 38.4 Å². The van der Waals surface area contributed by atoms with E-state index in [1.54, 1.807) is 13.8 Å². The van der Waals surface area contributed by atoms with E-state index in [0.717, 1.165) is 58.0 Å². The maximum atomic E-state index is 14.8. The highest BCUT2D eigenvalue weighted by molar-refractivity contribution is 5.92. The fraction of sp³-hybridized carbons (Fsp3) is 0.920. The van der Waals surface area contributed by atoms with Gasteiger partial charge in [0.2, 0.25) is 29.5 Å². The Morgan fingerprint density at radius 1 is 0.400 bits per heavy atom.